The molecule has 1 amide bonds. The standard InChI is InChI=1S/C24H23N5O4/c1-2-27(13-18-15-32-20-10-6-7-11-21(20)33-18)22(30)14-28-16-25-23-19(24(28)31)12-26-29(23)17-8-4-3-5-9-17/h3-12,16,18H,2,13-15H2,1H3. The van der Waals surface area contributed by atoms with Gasteiger partial charge in [0.2, 0.25) is 5.91 Å². The lowest BCUT2D eigenvalue weighted by atomic mass is 10.2. The van der Waals surface area contributed by atoms with Crippen LogP contribution in [0, 0.1) is 0 Å². The summed E-state index contributed by atoms with van der Waals surface area (Å²) in [4.78, 5) is 32.1. The molecule has 0 aliphatic carbocycles. The van der Waals surface area contributed by atoms with Gasteiger partial charge in [-0.2, -0.15) is 5.10 Å². The van der Waals surface area contributed by atoms with Gasteiger partial charge in [-0.05, 0) is 31.2 Å². The van der Waals surface area contributed by atoms with Gasteiger partial charge in [0.15, 0.2) is 23.3 Å². The third-order valence-electron chi connectivity index (χ3n) is 5.59. The molecule has 5 rings (SSSR count). The van der Waals surface area contributed by atoms with Gasteiger partial charge in [-0.15, -0.1) is 0 Å². The molecule has 0 bridgehead atoms. The van der Waals surface area contributed by atoms with E-state index in [-0.39, 0.29) is 24.1 Å². The smallest absolute Gasteiger partial charge is 0.264 e. The Labute approximate surface area is 189 Å². The maximum atomic E-state index is 13.0. The maximum absolute atomic E-state index is 13.0. The Bertz CT molecular complexity index is 1350. The van der Waals surface area contributed by atoms with Gasteiger partial charge in [0.1, 0.15) is 24.9 Å². The highest BCUT2D eigenvalue weighted by atomic mass is 16.6. The van der Waals surface area contributed by atoms with Crippen LogP contribution in [0.2, 0.25) is 0 Å². The number of nitrogens with zero attached hydrogens (tertiary/aromatic N) is 5. The molecule has 9 nitrogen and oxygen atoms in total. The summed E-state index contributed by atoms with van der Waals surface area (Å²) in [5.41, 5.74) is 0.952. The number of ether oxygens (including phenoxy) is 2. The van der Waals surface area contributed by atoms with Crippen molar-refractivity contribution in [2.75, 3.05) is 19.7 Å². The van der Waals surface area contributed by atoms with Crippen LogP contribution in [0.5, 0.6) is 11.5 Å². The first-order chi connectivity index (χ1) is 16.1. The largest absolute Gasteiger partial charge is 0.486 e. The predicted molar refractivity (Wildman–Crippen MR) is 122 cm³/mol. The molecule has 1 aliphatic rings. The van der Waals surface area contributed by atoms with Crippen molar-refractivity contribution < 1.29 is 14.3 Å². The molecule has 0 radical (unpaired) electrons. The van der Waals surface area contributed by atoms with Crippen LogP contribution in [0.4, 0.5) is 0 Å². The number of likely N-dealkylation sites (N-methyl/N-ethyl adjacent to an activating group) is 1. The molecule has 0 spiro atoms. The summed E-state index contributed by atoms with van der Waals surface area (Å²) in [6.07, 6.45) is 2.60. The van der Waals surface area contributed by atoms with E-state index in [9.17, 15) is 9.59 Å². The van der Waals surface area contributed by atoms with Crippen LogP contribution < -0.4 is 15.0 Å². The van der Waals surface area contributed by atoms with Crippen LogP contribution in [-0.4, -0.2) is 55.9 Å². The summed E-state index contributed by atoms with van der Waals surface area (Å²) < 4.78 is 14.7. The topological polar surface area (TPSA) is 91.5 Å². The SMILES string of the molecule is CCN(CC1COc2ccccc2O1)C(=O)Cn1cnc2c(cnn2-c2ccccc2)c1=O. The third kappa shape index (κ3) is 4.05. The highest BCUT2D eigenvalue weighted by Crippen LogP contribution is 2.31. The number of carbonyl (C=O) groups excluding carboxylic acids is 1. The molecule has 2 aromatic carbocycles. The van der Waals surface area contributed by atoms with E-state index < -0.39 is 0 Å². The fourth-order valence-corrected chi connectivity index (χ4v) is 3.87. The summed E-state index contributed by atoms with van der Waals surface area (Å²) in [7, 11) is 0. The zero-order valence-corrected chi connectivity index (χ0v) is 18.1. The summed E-state index contributed by atoms with van der Waals surface area (Å²) in [5.74, 6) is 1.17. The number of hydrogen-bond donors (Lipinski definition) is 0. The highest BCUT2D eigenvalue weighted by molar-refractivity contribution is 5.78. The Morgan fingerprint density at radius 2 is 1.88 bits per heavy atom. The van der Waals surface area contributed by atoms with Gasteiger partial charge in [0.05, 0.1) is 18.4 Å². The average molecular weight is 445 g/mol. The maximum Gasteiger partial charge on any atom is 0.264 e. The van der Waals surface area contributed by atoms with Crippen molar-refractivity contribution >= 4 is 16.9 Å². The minimum atomic E-state index is -0.308. The molecule has 0 N–H and O–H groups in total. The molecule has 0 saturated carbocycles. The average Bonchev–Trinajstić information content (AvgIpc) is 3.29. The highest BCUT2D eigenvalue weighted by Gasteiger charge is 2.25. The lowest BCUT2D eigenvalue weighted by Gasteiger charge is -2.31. The molecular weight excluding hydrogens is 422 g/mol. The molecule has 3 heterocycles. The van der Waals surface area contributed by atoms with E-state index in [2.05, 4.69) is 10.1 Å². The lowest BCUT2D eigenvalue weighted by molar-refractivity contribution is -0.133. The van der Waals surface area contributed by atoms with Crippen molar-refractivity contribution in [1.29, 1.82) is 0 Å². The fraction of sp³-hybridized carbons (Fsp3) is 0.250. The second-order valence-electron chi connectivity index (χ2n) is 7.74. The first-order valence-corrected chi connectivity index (χ1v) is 10.8. The van der Waals surface area contributed by atoms with E-state index >= 15 is 0 Å². The molecule has 33 heavy (non-hydrogen) atoms. The minimum Gasteiger partial charge on any atom is -0.486 e. The predicted octanol–water partition coefficient (Wildman–Crippen LogP) is 2.27. The van der Waals surface area contributed by atoms with Crippen LogP contribution >= 0.6 is 0 Å². The monoisotopic (exact) mass is 445 g/mol. The number of para-hydroxylation sites is 3. The van der Waals surface area contributed by atoms with E-state index in [0.717, 1.165) is 5.69 Å². The number of aromatic nitrogens is 4. The number of hydrogen-bond acceptors (Lipinski definition) is 6. The number of amides is 1. The molecule has 168 valence electrons. The second-order valence-corrected chi connectivity index (χ2v) is 7.74. The zero-order valence-electron chi connectivity index (χ0n) is 18.1. The van der Waals surface area contributed by atoms with Gasteiger partial charge < -0.3 is 14.4 Å². The second kappa shape index (κ2) is 8.78. The van der Waals surface area contributed by atoms with Crippen LogP contribution in [0.25, 0.3) is 16.7 Å². The van der Waals surface area contributed by atoms with Crippen molar-refractivity contribution in [1.82, 2.24) is 24.2 Å². The summed E-state index contributed by atoms with van der Waals surface area (Å²) in [5, 5.41) is 4.67. The van der Waals surface area contributed by atoms with Gasteiger partial charge in [0, 0.05) is 6.54 Å². The number of carbonyl (C=O) groups is 1. The Morgan fingerprint density at radius 3 is 2.67 bits per heavy atom. The Hall–Kier alpha value is -4.14. The van der Waals surface area contributed by atoms with E-state index in [4.69, 9.17) is 9.47 Å². The van der Waals surface area contributed by atoms with Crippen molar-refractivity contribution in [3.05, 3.63) is 77.5 Å². The summed E-state index contributed by atoms with van der Waals surface area (Å²) >= 11 is 0. The van der Waals surface area contributed by atoms with Crippen LogP contribution in [-0.2, 0) is 11.3 Å². The number of benzene rings is 2. The quantitative estimate of drug-likeness (QED) is 0.452. The van der Waals surface area contributed by atoms with Crippen LogP contribution in [0.3, 0.4) is 0 Å². The fourth-order valence-electron chi connectivity index (χ4n) is 3.87. The van der Waals surface area contributed by atoms with Crippen molar-refractivity contribution in [3.8, 4) is 17.2 Å². The Kier molecular flexibility index (Phi) is 5.52. The summed E-state index contributed by atoms with van der Waals surface area (Å²) in [6.45, 7) is 2.98. The van der Waals surface area contributed by atoms with Gasteiger partial charge in [-0.1, -0.05) is 30.3 Å². The van der Waals surface area contributed by atoms with E-state index in [1.165, 1.54) is 17.1 Å². The van der Waals surface area contributed by atoms with Crippen molar-refractivity contribution in [3.63, 3.8) is 0 Å². The Morgan fingerprint density at radius 1 is 1.12 bits per heavy atom. The molecule has 1 unspecified atom stereocenters. The zero-order chi connectivity index (χ0) is 22.8. The van der Waals surface area contributed by atoms with Gasteiger partial charge >= 0.3 is 0 Å². The van der Waals surface area contributed by atoms with E-state index in [1.807, 2.05) is 61.5 Å². The van der Waals surface area contributed by atoms with Gasteiger partial charge in [-0.25, -0.2) is 9.67 Å². The molecule has 4 aromatic rings. The van der Waals surface area contributed by atoms with Crippen LogP contribution in [0.15, 0.2) is 71.9 Å². The molecular formula is C24H23N5O4. The van der Waals surface area contributed by atoms with Gasteiger partial charge in [0.25, 0.3) is 5.56 Å². The summed E-state index contributed by atoms with van der Waals surface area (Å²) in [6, 6.07) is 16.9. The molecule has 1 aliphatic heterocycles. The molecule has 2 aromatic heterocycles. The first-order valence-electron chi connectivity index (χ1n) is 10.8. The normalized spacial score (nSPS) is 14.9. The van der Waals surface area contributed by atoms with E-state index in [0.29, 0.717) is 42.2 Å². The van der Waals surface area contributed by atoms with Crippen molar-refractivity contribution in [2.24, 2.45) is 0 Å². The Balaban J connectivity index is 1.32. The third-order valence-corrected chi connectivity index (χ3v) is 5.59. The first kappa shape index (κ1) is 20.7. The number of fused-ring (bicyclic) bond motifs is 2. The molecule has 1 atom stereocenters. The van der Waals surface area contributed by atoms with E-state index in [1.54, 1.807) is 9.58 Å². The van der Waals surface area contributed by atoms with Gasteiger partial charge in [-0.3, -0.25) is 14.2 Å². The molecule has 9 heteroatoms. The number of rotatable bonds is 6. The van der Waals surface area contributed by atoms with Crippen LogP contribution in [0.1, 0.15) is 6.92 Å². The lowest BCUT2D eigenvalue weighted by Crippen LogP contribution is -2.45. The van der Waals surface area contributed by atoms with Crippen molar-refractivity contribution in [2.45, 2.75) is 19.6 Å². The minimum absolute atomic E-state index is 0.115. The molecule has 0 fully saturated rings. The molecule has 0 saturated heterocycles.